The van der Waals surface area contributed by atoms with Crippen molar-refractivity contribution >= 4 is 25.1 Å². The Balaban J connectivity index is 1.75. The van der Waals surface area contributed by atoms with Crippen molar-refractivity contribution in [3.8, 4) is 5.75 Å². The number of pyridine rings is 1. The van der Waals surface area contributed by atoms with Crippen molar-refractivity contribution < 1.29 is 14.0 Å². The Labute approximate surface area is 131 Å². The number of hydrogen-bond donors (Lipinski definition) is 3. The van der Waals surface area contributed by atoms with Crippen LogP contribution < -0.4 is 15.4 Å². The van der Waals surface area contributed by atoms with Crippen molar-refractivity contribution in [2.45, 2.75) is 6.54 Å². The van der Waals surface area contributed by atoms with Crippen molar-refractivity contribution in [1.29, 1.82) is 0 Å². The van der Waals surface area contributed by atoms with E-state index in [2.05, 4.69) is 20.3 Å². The number of aromatic nitrogens is 3. The number of fused-ring (bicyclic) bond motifs is 1. The van der Waals surface area contributed by atoms with Gasteiger partial charge in [0.25, 0.3) is 0 Å². The largest absolute Gasteiger partial charge is 0.426 e. The maximum Gasteiger partial charge on any atom is 0.365 e. The summed E-state index contributed by atoms with van der Waals surface area (Å²) in [4.78, 5) is 30.8. The minimum absolute atomic E-state index is 0.221. The summed E-state index contributed by atoms with van der Waals surface area (Å²) < 4.78 is 15.4. The van der Waals surface area contributed by atoms with E-state index in [1.54, 1.807) is 30.3 Å². The lowest BCUT2D eigenvalue weighted by molar-refractivity contribution is 0.410. The highest BCUT2D eigenvalue weighted by molar-refractivity contribution is 7.32. The number of nitrogens with one attached hydrogen (secondary N) is 2. The fourth-order valence-corrected chi connectivity index (χ4v) is 2.41. The summed E-state index contributed by atoms with van der Waals surface area (Å²) in [6.45, 7) is 0.486. The van der Waals surface area contributed by atoms with Crippen molar-refractivity contribution in [1.82, 2.24) is 15.0 Å². The monoisotopic (exact) mass is 332 g/mol. The maximum absolute atomic E-state index is 11.3. The molecule has 0 fully saturated rings. The third-order valence-corrected chi connectivity index (χ3v) is 3.53. The lowest BCUT2D eigenvalue weighted by Crippen LogP contribution is -2.07. The summed E-state index contributed by atoms with van der Waals surface area (Å²) >= 11 is 0. The summed E-state index contributed by atoms with van der Waals surface area (Å²) in [6, 6.07) is 9.86. The molecule has 0 aliphatic rings. The first-order chi connectivity index (χ1) is 11.1. The molecule has 0 saturated carbocycles. The molecule has 8 nitrogen and oxygen atoms in total. The van der Waals surface area contributed by atoms with Gasteiger partial charge < -0.3 is 19.7 Å². The van der Waals surface area contributed by atoms with Gasteiger partial charge in [0.2, 0.25) is 5.56 Å². The smallest absolute Gasteiger partial charge is 0.365 e. The van der Waals surface area contributed by atoms with Crippen LogP contribution in [0.4, 0.5) is 5.82 Å². The quantitative estimate of drug-likeness (QED) is 0.609. The fourth-order valence-electron chi connectivity index (χ4n) is 2.07. The Morgan fingerprint density at radius 3 is 2.70 bits per heavy atom. The molecule has 3 N–H and O–H groups in total. The predicted octanol–water partition coefficient (Wildman–Crippen LogP) is 1.69. The standard InChI is InChI=1S/C14H13N4O4P/c19-12-6-5-11-13(16-8-17-14(11)18-12)15-7-9-1-3-10(4-2-9)22-23(20)21/h1-6,8,23H,7H2,(H,20,21)(H2,15,16,17,18,19). The Bertz CT molecular complexity index is 911. The number of anilines is 1. The summed E-state index contributed by atoms with van der Waals surface area (Å²) in [5, 5.41) is 3.88. The molecule has 3 aromatic rings. The molecule has 0 aliphatic heterocycles. The number of aromatic amines is 1. The third-order valence-electron chi connectivity index (χ3n) is 3.12. The molecule has 1 aromatic carbocycles. The van der Waals surface area contributed by atoms with Gasteiger partial charge in [-0.3, -0.25) is 4.79 Å². The molecule has 118 valence electrons. The van der Waals surface area contributed by atoms with Gasteiger partial charge in [-0.25, -0.2) is 14.5 Å². The highest BCUT2D eigenvalue weighted by Crippen LogP contribution is 2.23. The molecule has 0 aliphatic carbocycles. The number of H-pyrrole nitrogens is 1. The second-order valence-electron chi connectivity index (χ2n) is 4.67. The summed E-state index contributed by atoms with van der Waals surface area (Å²) in [7, 11) is -2.99. The van der Waals surface area contributed by atoms with Gasteiger partial charge in [-0.15, -0.1) is 0 Å². The minimum atomic E-state index is -2.99. The van der Waals surface area contributed by atoms with Crippen LogP contribution in [0, 0.1) is 0 Å². The Hall–Kier alpha value is -2.70. The van der Waals surface area contributed by atoms with Gasteiger partial charge in [0.05, 0.1) is 5.39 Å². The lowest BCUT2D eigenvalue weighted by Gasteiger charge is -2.08. The van der Waals surface area contributed by atoms with Gasteiger partial charge >= 0.3 is 8.25 Å². The lowest BCUT2D eigenvalue weighted by atomic mass is 10.2. The predicted molar refractivity (Wildman–Crippen MR) is 85.8 cm³/mol. The fraction of sp³-hybridized carbons (Fsp3) is 0.0714. The zero-order valence-electron chi connectivity index (χ0n) is 11.8. The molecule has 1 unspecified atom stereocenters. The number of rotatable bonds is 5. The van der Waals surface area contributed by atoms with Crippen LogP contribution in [0.5, 0.6) is 5.75 Å². The molecular weight excluding hydrogens is 319 g/mol. The van der Waals surface area contributed by atoms with Crippen LogP contribution in [0.15, 0.2) is 47.5 Å². The highest BCUT2D eigenvalue weighted by atomic mass is 31.1. The SMILES string of the molecule is O=c1ccc2c(NCc3ccc(O[PH](=O)O)cc3)ncnc2[nH]1. The average Bonchev–Trinajstić information content (AvgIpc) is 2.53. The first-order valence-electron chi connectivity index (χ1n) is 6.69. The van der Waals surface area contributed by atoms with Crippen molar-refractivity contribution in [2.75, 3.05) is 5.32 Å². The second kappa shape index (κ2) is 6.60. The van der Waals surface area contributed by atoms with Crippen molar-refractivity contribution in [3.63, 3.8) is 0 Å². The molecule has 2 heterocycles. The zero-order valence-corrected chi connectivity index (χ0v) is 12.8. The summed E-state index contributed by atoms with van der Waals surface area (Å²) in [5.41, 5.74) is 1.18. The molecule has 0 spiro atoms. The van der Waals surface area contributed by atoms with Gasteiger partial charge in [0, 0.05) is 12.6 Å². The van der Waals surface area contributed by atoms with E-state index < -0.39 is 8.25 Å². The Kier molecular flexibility index (Phi) is 4.36. The molecule has 0 saturated heterocycles. The molecule has 0 amide bonds. The van der Waals surface area contributed by atoms with Crippen LogP contribution in [0.2, 0.25) is 0 Å². The van der Waals surface area contributed by atoms with E-state index in [0.29, 0.717) is 29.1 Å². The first kappa shape index (κ1) is 15.2. The van der Waals surface area contributed by atoms with Crippen molar-refractivity contribution in [3.05, 3.63) is 58.6 Å². The van der Waals surface area contributed by atoms with E-state index in [1.165, 1.54) is 12.4 Å². The van der Waals surface area contributed by atoms with Gasteiger partial charge in [-0.05, 0) is 23.8 Å². The Morgan fingerprint density at radius 2 is 1.96 bits per heavy atom. The second-order valence-corrected chi connectivity index (χ2v) is 5.41. The molecule has 1 atom stereocenters. The van der Waals surface area contributed by atoms with E-state index in [4.69, 9.17) is 9.42 Å². The third kappa shape index (κ3) is 3.74. The molecule has 2 aromatic heterocycles. The van der Waals surface area contributed by atoms with Gasteiger partial charge in [0.15, 0.2) is 0 Å². The molecule has 3 rings (SSSR count). The van der Waals surface area contributed by atoms with Crippen molar-refractivity contribution in [2.24, 2.45) is 0 Å². The van der Waals surface area contributed by atoms with Crippen LogP contribution in [0.3, 0.4) is 0 Å². The van der Waals surface area contributed by atoms with Gasteiger partial charge in [-0.1, -0.05) is 12.1 Å². The van der Waals surface area contributed by atoms with E-state index >= 15 is 0 Å². The molecule has 0 bridgehead atoms. The molecule has 23 heavy (non-hydrogen) atoms. The van der Waals surface area contributed by atoms with E-state index in [9.17, 15) is 9.36 Å². The molecular formula is C14H13N4O4P. The number of benzene rings is 1. The summed E-state index contributed by atoms with van der Waals surface area (Å²) in [6.07, 6.45) is 1.37. The maximum atomic E-state index is 11.3. The van der Waals surface area contributed by atoms with Gasteiger partial charge in [-0.2, -0.15) is 0 Å². The summed E-state index contributed by atoms with van der Waals surface area (Å²) in [5.74, 6) is 0.942. The first-order valence-corrected chi connectivity index (χ1v) is 7.96. The topological polar surface area (TPSA) is 117 Å². The molecule has 0 radical (unpaired) electrons. The van der Waals surface area contributed by atoms with E-state index in [0.717, 1.165) is 5.56 Å². The Morgan fingerprint density at radius 1 is 1.17 bits per heavy atom. The molecule has 9 heteroatoms. The van der Waals surface area contributed by atoms with Gasteiger partial charge in [0.1, 0.15) is 23.5 Å². The number of nitrogens with zero attached hydrogens (tertiary/aromatic N) is 2. The van der Waals surface area contributed by atoms with Crippen LogP contribution >= 0.6 is 8.25 Å². The minimum Gasteiger partial charge on any atom is -0.426 e. The zero-order chi connectivity index (χ0) is 16.2. The normalized spacial score (nSPS) is 12.0. The number of hydrogen-bond acceptors (Lipinski definition) is 6. The van der Waals surface area contributed by atoms with Crippen LogP contribution in [0.25, 0.3) is 11.0 Å². The van der Waals surface area contributed by atoms with Crippen LogP contribution in [-0.4, -0.2) is 19.8 Å². The van der Waals surface area contributed by atoms with E-state index in [1.807, 2.05) is 0 Å². The van der Waals surface area contributed by atoms with Crippen LogP contribution in [-0.2, 0) is 11.1 Å². The average molecular weight is 332 g/mol. The van der Waals surface area contributed by atoms with Crippen LogP contribution in [0.1, 0.15) is 5.56 Å². The van der Waals surface area contributed by atoms with E-state index in [-0.39, 0.29) is 5.56 Å². The highest BCUT2D eigenvalue weighted by Gasteiger charge is 2.04.